The molecule has 5 rings (SSSR count). The number of benzene rings is 3. The lowest BCUT2D eigenvalue weighted by molar-refractivity contribution is -0.137. The topological polar surface area (TPSA) is 144 Å². The van der Waals surface area contributed by atoms with E-state index in [4.69, 9.17) is 15.5 Å². The van der Waals surface area contributed by atoms with Crippen molar-refractivity contribution in [1.29, 1.82) is 5.26 Å². The Balaban J connectivity index is 1.65. The van der Waals surface area contributed by atoms with Crippen molar-refractivity contribution in [2.24, 2.45) is 10.7 Å². The second-order valence-corrected chi connectivity index (χ2v) is 12.5. The molecule has 3 N–H and O–H groups in total. The Morgan fingerprint density at radius 3 is 2.38 bits per heavy atom. The number of piperidine rings is 1. The highest BCUT2D eigenvalue weighted by Crippen LogP contribution is 2.38. The second-order valence-electron chi connectivity index (χ2n) is 12.5. The summed E-state index contributed by atoms with van der Waals surface area (Å²) < 4.78 is 60.4. The highest BCUT2D eigenvalue weighted by molar-refractivity contribution is 6.18. The molecule has 0 aliphatic carbocycles. The van der Waals surface area contributed by atoms with Gasteiger partial charge in [0.15, 0.2) is 0 Å². The number of hydrogen-bond acceptors (Lipinski definition) is 8. The molecule has 0 spiro atoms. The Hall–Kier alpha value is -5.59. The zero-order valence-electron chi connectivity index (χ0n) is 29.1. The fraction of sp³-hybridized carbons (Fsp3) is 0.342. The number of likely N-dealkylation sites (tertiary alicyclic amines) is 1. The molecule has 2 saturated heterocycles. The fourth-order valence-electron chi connectivity index (χ4n) is 6.36. The average Bonchev–Trinajstić information content (AvgIpc) is 3.16. The van der Waals surface area contributed by atoms with Gasteiger partial charge in [-0.15, -0.1) is 0 Å². The minimum Gasteiger partial charge on any atom is -0.394 e. The summed E-state index contributed by atoms with van der Waals surface area (Å²) in [6.45, 7) is 4.59. The van der Waals surface area contributed by atoms with E-state index in [1.807, 2.05) is 0 Å². The van der Waals surface area contributed by atoms with E-state index < -0.39 is 59.0 Å². The molecule has 0 radical (unpaired) electrons. The number of rotatable bonds is 10. The van der Waals surface area contributed by atoms with Crippen LogP contribution in [0.3, 0.4) is 0 Å². The Kier molecular flexibility index (Phi) is 12.3. The normalized spacial score (nSPS) is 20.4. The summed E-state index contributed by atoms with van der Waals surface area (Å²) in [5, 5.41) is 12.7. The number of nitrogens with one attached hydrogen (secondary N) is 1. The largest absolute Gasteiger partial charge is 0.416 e. The molecule has 2 heterocycles. The molecule has 3 amide bonds. The smallest absolute Gasteiger partial charge is 0.394 e. The molecule has 0 unspecified atom stereocenters. The van der Waals surface area contributed by atoms with Crippen molar-refractivity contribution in [3.05, 3.63) is 113 Å². The van der Waals surface area contributed by atoms with Crippen molar-refractivity contribution >= 4 is 29.2 Å². The van der Waals surface area contributed by atoms with Gasteiger partial charge in [0.05, 0.1) is 30.5 Å². The standard InChI is InChI=1S/C38H39F4N7O4/c1-3-49-34(45-28-10-5-4-6-11-28)31(32(44)36(51)47(2)29(23-43)16-17-48-18-20-53-21-19-48)30(24-12-14-27(39)15-13-24)33(37(49)52)46-35(50)25-8-7-9-26(22-25)38(40,41)42/h4-15,22,29-30,33H,3,16-21,44H2,1-2H3,(H,46,50)/b32-31-,45-34?/t29-,30-,33-/m0/s1. The van der Waals surface area contributed by atoms with Crippen molar-refractivity contribution in [3.63, 3.8) is 0 Å². The van der Waals surface area contributed by atoms with Crippen molar-refractivity contribution < 1.29 is 36.7 Å². The monoisotopic (exact) mass is 733 g/mol. The highest BCUT2D eigenvalue weighted by atomic mass is 19.4. The van der Waals surface area contributed by atoms with E-state index in [1.54, 1.807) is 37.3 Å². The van der Waals surface area contributed by atoms with Gasteiger partial charge in [-0.1, -0.05) is 36.4 Å². The zero-order chi connectivity index (χ0) is 38.3. The summed E-state index contributed by atoms with van der Waals surface area (Å²) in [5.41, 5.74) is 5.59. The van der Waals surface area contributed by atoms with Gasteiger partial charge in [-0.25, -0.2) is 9.38 Å². The van der Waals surface area contributed by atoms with Gasteiger partial charge in [0.25, 0.3) is 17.7 Å². The molecule has 3 atom stereocenters. The molecule has 0 bridgehead atoms. The van der Waals surface area contributed by atoms with Gasteiger partial charge in [-0.05, 0) is 61.4 Å². The van der Waals surface area contributed by atoms with Crippen LogP contribution < -0.4 is 11.1 Å². The number of halogens is 4. The highest BCUT2D eigenvalue weighted by Gasteiger charge is 2.47. The van der Waals surface area contributed by atoms with Crippen LogP contribution in [0, 0.1) is 17.1 Å². The number of nitriles is 1. The van der Waals surface area contributed by atoms with Gasteiger partial charge in [-0.2, -0.15) is 18.4 Å². The molecular weight excluding hydrogens is 694 g/mol. The van der Waals surface area contributed by atoms with Gasteiger partial charge in [0.1, 0.15) is 29.4 Å². The Labute approximate surface area is 304 Å². The maximum Gasteiger partial charge on any atom is 0.416 e. The van der Waals surface area contributed by atoms with Gasteiger partial charge < -0.3 is 20.7 Å². The summed E-state index contributed by atoms with van der Waals surface area (Å²) in [6, 6.07) is 16.9. The van der Waals surface area contributed by atoms with Crippen LogP contribution >= 0.6 is 0 Å². The molecule has 53 heavy (non-hydrogen) atoms. The Morgan fingerprint density at radius 2 is 1.75 bits per heavy atom. The first-order valence-electron chi connectivity index (χ1n) is 17.0. The Bertz CT molecular complexity index is 1910. The number of morpholine rings is 1. The van der Waals surface area contributed by atoms with Crippen LogP contribution in [0.4, 0.5) is 23.2 Å². The maximum absolute atomic E-state index is 14.4. The molecule has 0 aromatic heterocycles. The minimum absolute atomic E-state index is 0.00188. The van der Waals surface area contributed by atoms with Gasteiger partial charge >= 0.3 is 6.18 Å². The lowest BCUT2D eigenvalue weighted by atomic mass is 9.78. The number of amides is 3. The summed E-state index contributed by atoms with van der Waals surface area (Å²) >= 11 is 0. The first-order chi connectivity index (χ1) is 25.3. The van der Waals surface area contributed by atoms with Crippen LogP contribution in [0.2, 0.25) is 0 Å². The van der Waals surface area contributed by atoms with Gasteiger partial charge in [0, 0.05) is 50.3 Å². The third-order valence-corrected chi connectivity index (χ3v) is 9.23. The van der Waals surface area contributed by atoms with Crippen LogP contribution in [0.1, 0.15) is 40.7 Å². The number of hydrogen-bond donors (Lipinski definition) is 2. The fourth-order valence-corrected chi connectivity index (χ4v) is 6.36. The lowest BCUT2D eigenvalue weighted by Crippen LogP contribution is -2.59. The number of nitrogens with zero attached hydrogens (tertiary/aromatic N) is 5. The number of amidine groups is 1. The van der Waals surface area contributed by atoms with Crippen LogP contribution in [-0.4, -0.2) is 96.8 Å². The van der Waals surface area contributed by atoms with Crippen LogP contribution in [0.5, 0.6) is 0 Å². The Morgan fingerprint density at radius 1 is 1.08 bits per heavy atom. The van der Waals surface area contributed by atoms with Crippen LogP contribution in [0.25, 0.3) is 0 Å². The second kappa shape index (κ2) is 16.8. The van der Waals surface area contributed by atoms with E-state index in [9.17, 15) is 37.2 Å². The molecule has 11 nitrogen and oxygen atoms in total. The number of para-hydroxylation sites is 1. The minimum atomic E-state index is -4.74. The van der Waals surface area contributed by atoms with Crippen molar-refractivity contribution in [2.75, 3.05) is 46.4 Å². The van der Waals surface area contributed by atoms with E-state index in [1.165, 1.54) is 35.0 Å². The van der Waals surface area contributed by atoms with E-state index in [0.29, 0.717) is 51.0 Å². The number of nitrogens with two attached hydrogens (primary N) is 1. The predicted octanol–water partition coefficient (Wildman–Crippen LogP) is 4.60. The van der Waals surface area contributed by atoms with Crippen molar-refractivity contribution in [3.8, 4) is 6.07 Å². The number of carbonyl (C=O) groups is 3. The average molecular weight is 734 g/mol. The zero-order valence-corrected chi connectivity index (χ0v) is 29.1. The first kappa shape index (κ1) is 38.6. The predicted molar refractivity (Wildman–Crippen MR) is 188 cm³/mol. The molecule has 2 aliphatic rings. The number of ether oxygens (including phenoxy) is 1. The number of alkyl halides is 3. The summed E-state index contributed by atoms with van der Waals surface area (Å²) in [6.07, 6.45) is -4.45. The lowest BCUT2D eigenvalue weighted by Gasteiger charge is -2.41. The molecular formula is C38H39F4N7O4. The van der Waals surface area contributed by atoms with Crippen LogP contribution in [0.15, 0.2) is 95.1 Å². The summed E-state index contributed by atoms with van der Waals surface area (Å²) in [5.74, 6) is -4.39. The quantitative estimate of drug-likeness (QED) is 0.229. The van der Waals surface area contributed by atoms with E-state index in [2.05, 4.69) is 16.3 Å². The van der Waals surface area contributed by atoms with E-state index in [-0.39, 0.29) is 29.1 Å². The van der Waals surface area contributed by atoms with Gasteiger partial charge in [-0.3, -0.25) is 24.2 Å². The van der Waals surface area contributed by atoms with E-state index in [0.717, 1.165) is 24.3 Å². The van der Waals surface area contributed by atoms with Crippen molar-refractivity contribution in [1.82, 2.24) is 20.0 Å². The number of aliphatic imine (C=N–C) groups is 1. The number of likely N-dealkylation sites (N-methyl/N-ethyl adjacent to an activating group) is 2. The SMILES string of the molecule is CCN1C(=O)[C@@H](NC(=O)c2cccc(C(F)(F)F)c2)[C@@H](c2ccc(F)cc2)/C(=C(/N)C(=O)N(C)[C@H](C#N)CCN2CCOCC2)C1=Nc1ccccc1. The number of carbonyl (C=O) groups excluding carboxylic acids is 3. The molecule has 3 aromatic rings. The first-order valence-corrected chi connectivity index (χ1v) is 17.0. The third-order valence-electron chi connectivity index (χ3n) is 9.23. The van der Waals surface area contributed by atoms with Gasteiger partial charge in [0.2, 0.25) is 0 Å². The molecule has 2 aliphatic heterocycles. The summed E-state index contributed by atoms with van der Waals surface area (Å²) in [7, 11) is 1.43. The molecule has 15 heteroatoms. The third kappa shape index (κ3) is 8.90. The van der Waals surface area contributed by atoms with Crippen LogP contribution in [-0.2, 0) is 20.5 Å². The molecule has 3 aromatic carbocycles. The van der Waals surface area contributed by atoms with E-state index >= 15 is 0 Å². The maximum atomic E-state index is 14.4. The molecule has 2 fully saturated rings. The van der Waals surface area contributed by atoms with Crippen molar-refractivity contribution in [2.45, 2.75) is 37.5 Å². The molecule has 0 saturated carbocycles. The summed E-state index contributed by atoms with van der Waals surface area (Å²) in [4.78, 5) is 51.7. The molecule has 278 valence electrons.